The van der Waals surface area contributed by atoms with Gasteiger partial charge in [0.2, 0.25) is 5.82 Å². The van der Waals surface area contributed by atoms with Gasteiger partial charge < -0.3 is 4.74 Å². The molecule has 0 unspecified atom stereocenters. The Bertz CT molecular complexity index is 849. The van der Waals surface area contributed by atoms with E-state index in [2.05, 4.69) is 10.9 Å². The largest absolute Gasteiger partial charge is 0.484 e. The second-order valence-corrected chi connectivity index (χ2v) is 5.54. The number of carbonyl (C=O) groups excluding carboxylic acids is 2. The first-order valence-corrected chi connectivity index (χ1v) is 7.50. The summed E-state index contributed by atoms with van der Waals surface area (Å²) in [6.45, 7) is 3.44. The molecule has 0 saturated carbocycles. The first-order chi connectivity index (χ1) is 12.3. The Morgan fingerprint density at radius 3 is 2.38 bits per heavy atom. The van der Waals surface area contributed by atoms with E-state index in [4.69, 9.17) is 4.74 Å². The Morgan fingerprint density at radius 1 is 1.12 bits per heavy atom. The van der Waals surface area contributed by atoms with E-state index in [1.165, 1.54) is 0 Å². The minimum absolute atomic E-state index is 0.173. The Kier molecular flexibility index (Phi) is 5.84. The van der Waals surface area contributed by atoms with Crippen LogP contribution in [0.2, 0.25) is 0 Å². The summed E-state index contributed by atoms with van der Waals surface area (Å²) in [5.74, 6) is -2.00. The third-order valence-electron chi connectivity index (χ3n) is 3.29. The molecule has 2 aromatic carbocycles. The molecule has 0 aliphatic rings. The van der Waals surface area contributed by atoms with Gasteiger partial charge in [0, 0.05) is 11.6 Å². The molecule has 26 heavy (non-hydrogen) atoms. The number of nitro groups is 1. The summed E-state index contributed by atoms with van der Waals surface area (Å²) in [4.78, 5) is 33.4. The fourth-order valence-electron chi connectivity index (χ4n) is 2.19. The minimum Gasteiger partial charge on any atom is -0.484 e. The zero-order valence-electron chi connectivity index (χ0n) is 14.0. The Hall–Kier alpha value is -3.49. The maximum absolute atomic E-state index is 13.3. The molecule has 0 spiro atoms. The van der Waals surface area contributed by atoms with E-state index >= 15 is 0 Å². The van der Waals surface area contributed by atoms with Gasteiger partial charge in [0.1, 0.15) is 5.75 Å². The van der Waals surface area contributed by atoms with Crippen molar-refractivity contribution in [1.82, 2.24) is 10.9 Å². The summed E-state index contributed by atoms with van der Waals surface area (Å²) in [5, 5.41) is 10.7. The van der Waals surface area contributed by atoms with Gasteiger partial charge >= 0.3 is 5.69 Å². The van der Waals surface area contributed by atoms with Gasteiger partial charge in [-0.25, -0.2) is 0 Å². The van der Waals surface area contributed by atoms with E-state index in [0.717, 1.165) is 29.3 Å². The first-order valence-electron chi connectivity index (χ1n) is 7.50. The highest BCUT2D eigenvalue weighted by Crippen LogP contribution is 2.18. The molecule has 136 valence electrons. The monoisotopic (exact) mass is 361 g/mol. The number of rotatable bonds is 5. The van der Waals surface area contributed by atoms with Crippen LogP contribution in [0, 0.1) is 29.8 Å². The Morgan fingerprint density at radius 2 is 1.77 bits per heavy atom. The van der Waals surface area contributed by atoms with Crippen LogP contribution in [0.15, 0.2) is 36.4 Å². The molecule has 0 bridgehead atoms. The van der Waals surface area contributed by atoms with Crippen molar-refractivity contribution in [1.29, 1.82) is 0 Å². The molecule has 0 fully saturated rings. The number of hydrogen-bond donors (Lipinski definition) is 2. The van der Waals surface area contributed by atoms with Crippen LogP contribution in [0.1, 0.15) is 21.5 Å². The van der Waals surface area contributed by atoms with Crippen LogP contribution >= 0.6 is 0 Å². The number of ether oxygens (including phenoxy) is 1. The summed E-state index contributed by atoms with van der Waals surface area (Å²) < 4.78 is 18.6. The van der Waals surface area contributed by atoms with Crippen molar-refractivity contribution in [3.8, 4) is 5.75 Å². The fourth-order valence-corrected chi connectivity index (χ4v) is 2.19. The fraction of sp³-hybridized carbons (Fsp3) is 0.176. The van der Waals surface area contributed by atoms with Gasteiger partial charge in [-0.05, 0) is 49.2 Å². The molecule has 0 aromatic heterocycles. The number of amides is 2. The quantitative estimate of drug-likeness (QED) is 0.626. The molecular formula is C17H16FN3O5. The van der Waals surface area contributed by atoms with Crippen molar-refractivity contribution in [3.63, 3.8) is 0 Å². The number of benzene rings is 2. The summed E-state index contributed by atoms with van der Waals surface area (Å²) in [6, 6.07) is 8.12. The smallest absolute Gasteiger partial charge is 0.305 e. The van der Waals surface area contributed by atoms with E-state index in [0.29, 0.717) is 5.75 Å². The van der Waals surface area contributed by atoms with Crippen molar-refractivity contribution in [2.75, 3.05) is 6.61 Å². The number of hydrogen-bond acceptors (Lipinski definition) is 5. The third-order valence-corrected chi connectivity index (χ3v) is 3.29. The molecule has 2 rings (SSSR count). The molecule has 2 N–H and O–H groups in total. The topological polar surface area (TPSA) is 111 Å². The number of aryl methyl sites for hydroxylation is 2. The predicted octanol–water partition coefficient (Wildman–Crippen LogP) is 2.19. The summed E-state index contributed by atoms with van der Waals surface area (Å²) in [6.07, 6.45) is 0. The number of nitrogens with one attached hydrogen (secondary N) is 2. The van der Waals surface area contributed by atoms with E-state index < -0.39 is 28.2 Å². The van der Waals surface area contributed by atoms with E-state index in [1.807, 2.05) is 19.9 Å². The maximum Gasteiger partial charge on any atom is 0.305 e. The zero-order chi connectivity index (χ0) is 19.3. The molecular weight excluding hydrogens is 345 g/mol. The molecule has 0 aliphatic heterocycles. The van der Waals surface area contributed by atoms with Gasteiger partial charge in [0.15, 0.2) is 6.61 Å². The van der Waals surface area contributed by atoms with Crippen molar-refractivity contribution in [2.24, 2.45) is 0 Å². The average molecular weight is 361 g/mol. The Labute approximate surface area is 148 Å². The van der Waals surface area contributed by atoms with Crippen LogP contribution in [0.4, 0.5) is 10.1 Å². The summed E-state index contributed by atoms with van der Waals surface area (Å²) in [7, 11) is 0. The number of nitro benzene ring substituents is 1. The van der Waals surface area contributed by atoms with E-state index in [-0.39, 0.29) is 12.2 Å². The van der Waals surface area contributed by atoms with E-state index in [9.17, 15) is 24.1 Å². The average Bonchev–Trinajstić information content (AvgIpc) is 2.57. The molecule has 2 aromatic rings. The number of halogens is 1. The lowest BCUT2D eigenvalue weighted by molar-refractivity contribution is -0.387. The van der Waals surface area contributed by atoms with Crippen molar-refractivity contribution >= 4 is 17.5 Å². The van der Waals surface area contributed by atoms with Crippen molar-refractivity contribution in [2.45, 2.75) is 13.8 Å². The summed E-state index contributed by atoms with van der Waals surface area (Å²) in [5.41, 5.74) is 5.15. The van der Waals surface area contributed by atoms with Gasteiger partial charge in [-0.3, -0.25) is 30.6 Å². The van der Waals surface area contributed by atoms with Gasteiger partial charge in [-0.15, -0.1) is 0 Å². The van der Waals surface area contributed by atoms with Gasteiger partial charge in [-0.1, -0.05) is 6.07 Å². The molecule has 8 nitrogen and oxygen atoms in total. The summed E-state index contributed by atoms with van der Waals surface area (Å²) >= 11 is 0. The highest BCUT2D eigenvalue weighted by atomic mass is 19.1. The van der Waals surface area contributed by atoms with Crippen molar-refractivity contribution < 1.29 is 23.6 Å². The second-order valence-electron chi connectivity index (χ2n) is 5.54. The van der Waals surface area contributed by atoms with Crippen LogP contribution in [-0.4, -0.2) is 23.3 Å². The standard InChI is InChI=1S/C17H16FN3O5/c1-10-5-11(2)7-13(6-10)26-9-16(22)19-20-17(23)12-3-4-14(18)15(8-12)21(24)25/h3-8H,9H2,1-2H3,(H,19,22)(H,20,23). The SMILES string of the molecule is Cc1cc(C)cc(OCC(=O)NNC(=O)c2ccc(F)c([N+](=O)[O-])c2)c1. The number of nitrogens with zero attached hydrogens (tertiary/aromatic N) is 1. The predicted molar refractivity (Wildman–Crippen MR) is 90.1 cm³/mol. The lowest BCUT2D eigenvalue weighted by Gasteiger charge is -2.10. The minimum atomic E-state index is -1.06. The van der Waals surface area contributed by atoms with Crippen LogP contribution in [0.25, 0.3) is 0 Å². The first kappa shape index (κ1) is 18.8. The maximum atomic E-state index is 13.3. The zero-order valence-corrected chi connectivity index (χ0v) is 14.0. The van der Waals surface area contributed by atoms with Crippen LogP contribution in [0.3, 0.4) is 0 Å². The number of carbonyl (C=O) groups is 2. The second kappa shape index (κ2) is 8.06. The molecule has 0 aliphatic carbocycles. The highest BCUT2D eigenvalue weighted by molar-refractivity contribution is 5.96. The molecule has 9 heteroatoms. The normalized spacial score (nSPS) is 10.1. The Balaban J connectivity index is 1.89. The molecule has 0 heterocycles. The lowest BCUT2D eigenvalue weighted by Crippen LogP contribution is -2.43. The van der Waals surface area contributed by atoms with Gasteiger partial charge in [0.05, 0.1) is 4.92 Å². The van der Waals surface area contributed by atoms with Crippen LogP contribution < -0.4 is 15.6 Å². The lowest BCUT2D eigenvalue weighted by atomic mass is 10.1. The van der Waals surface area contributed by atoms with Crippen molar-refractivity contribution in [3.05, 3.63) is 69.0 Å². The highest BCUT2D eigenvalue weighted by Gasteiger charge is 2.17. The third kappa shape index (κ3) is 5.00. The van der Waals surface area contributed by atoms with Crippen LogP contribution in [-0.2, 0) is 4.79 Å². The number of hydrazine groups is 1. The van der Waals surface area contributed by atoms with Crippen LogP contribution in [0.5, 0.6) is 5.75 Å². The van der Waals surface area contributed by atoms with E-state index in [1.54, 1.807) is 12.1 Å². The molecule has 0 saturated heterocycles. The molecule has 2 amide bonds. The molecule has 0 radical (unpaired) electrons. The molecule has 0 atom stereocenters. The van der Waals surface area contributed by atoms with Gasteiger partial charge in [0.25, 0.3) is 11.8 Å². The van der Waals surface area contributed by atoms with Gasteiger partial charge in [-0.2, -0.15) is 4.39 Å².